The molecule has 21 heavy (non-hydrogen) atoms. The summed E-state index contributed by atoms with van der Waals surface area (Å²) in [7, 11) is 0. The van der Waals surface area contributed by atoms with Gasteiger partial charge in [-0.2, -0.15) is 4.98 Å². The van der Waals surface area contributed by atoms with Gasteiger partial charge in [0.05, 0.1) is 16.1 Å². The Hall–Kier alpha value is -1.39. The van der Waals surface area contributed by atoms with Crippen LogP contribution in [0.5, 0.6) is 0 Å². The fraction of sp³-hybridized carbons (Fsp3) is 0.500. The van der Waals surface area contributed by atoms with E-state index in [0.29, 0.717) is 16.7 Å². The summed E-state index contributed by atoms with van der Waals surface area (Å²) in [5, 5.41) is 4.78. The molecule has 3 rings (SSSR count). The van der Waals surface area contributed by atoms with Gasteiger partial charge < -0.3 is 10.3 Å². The van der Waals surface area contributed by atoms with E-state index in [1.165, 1.54) is 12.8 Å². The number of aromatic nitrogens is 2. The van der Waals surface area contributed by atoms with Gasteiger partial charge >= 0.3 is 0 Å². The first-order chi connectivity index (χ1) is 10.1. The Bertz CT molecular complexity index is 630. The number of aryl methyl sites for hydroxylation is 1. The summed E-state index contributed by atoms with van der Waals surface area (Å²) in [6.07, 6.45) is 6.51. The Morgan fingerprint density at radius 3 is 2.62 bits per heavy atom. The molecule has 0 bridgehead atoms. The van der Waals surface area contributed by atoms with Gasteiger partial charge in [0.25, 0.3) is 5.89 Å². The summed E-state index contributed by atoms with van der Waals surface area (Å²) in [5.41, 5.74) is 7.82. The fourth-order valence-corrected chi connectivity index (χ4v) is 3.14. The predicted octanol–water partition coefficient (Wildman–Crippen LogP) is 4.21. The van der Waals surface area contributed by atoms with E-state index in [1.54, 1.807) is 0 Å². The van der Waals surface area contributed by atoms with Crippen LogP contribution < -0.4 is 5.73 Å². The first-order valence-corrected chi connectivity index (χ1v) is 7.86. The zero-order valence-electron chi connectivity index (χ0n) is 12.2. The number of rotatable bonds is 2. The minimum absolute atomic E-state index is 0.452. The standard InChI is InChI=1S/C16H20ClN3O/c1-11-7-6-8-12(13(11)17)14-19-15(20-21-14)16(18)9-4-2-3-5-10-16/h6-8H,2-5,9-10,18H2,1H3. The number of hydrogen-bond donors (Lipinski definition) is 1. The molecule has 1 aliphatic rings. The SMILES string of the molecule is Cc1cccc(-c2nc(C3(N)CCCCCC3)no2)c1Cl. The summed E-state index contributed by atoms with van der Waals surface area (Å²) in [6.45, 7) is 1.96. The molecule has 1 aliphatic carbocycles. The van der Waals surface area contributed by atoms with Gasteiger partial charge in [-0.3, -0.25) is 0 Å². The average Bonchev–Trinajstić information content (AvgIpc) is 2.86. The molecule has 2 aromatic rings. The average molecular weight is 306 g/mol. The van der Waals surface area contributed by atoms with Crippen LogP contribution in [0.25, 0.3) is 11.5 Å². The smallest absolute Gasteiger partial charge is 0.259 e. The molecule has 112 valence electrons. The van der Waals surface area contributed by atoms with Crippen LogP contribution in [0.3, 0.4) is 0 Å². The molecule has 5 heteroatoms. The first-order valence-electron chi connectivity index (χ1n) is 7.49. The zero-order valence-corrected chi connectivity index (χ0v) is 13.0. The molecule has 0 saturated heterocycles. The molecule has 0 spiro atoms. The van der Waals surface area contributed by atoms with E-state index in [0.717, 1.165) is 36.8 Å². The number of hydrogen-bond acceptors (Lipinski definition) is 4. The van der Waals surface area contributed by atoms with Gasteiger partial charge in [0.1, 0.15) is 0 Å². The van der Waals surface area contributed by atoms with E-state index < -0.39 is 5.54 Å². The number of nitrogens with zero attached hydrogens (tertiary/aromatic N) is 2. The summed E-state index contributed by atoms with van der Waals surface area (Å²) in [4.78, 5) is 4.53. The van der Waals surface area contributed by atoms with Crippen LogP contribution in [-0.2, 0) is 5.54 Å². The maximum atomic E-state index is 6.52. The molecule has 4 nitrogen and oxygen atoms in total. The summed E-state index contributed by atoms with van der Waals surface area (Å²) in [6, 6.07) is 5.78. The van der Waals surface area contributed by atoms with Crippen molar-refractivity contribution < 1.29 is 4.52 Å². The Balaban J connectivity index is 1.94. The highest BCUT2D eigenvalue weighted by Gasteiger charge is 2.33. The molecule has 2 N–H and O–H groups in total. The molecule has 0 unspecified atom stereocenters. The van der Waals surface area contributed by atoms with Crippen LogP contribution in [0.15, 0.2) is 22.7 Å². The molecule has 0 radical (unpaired) electrons. The van der Waals surface area contributed by atoms with Crippen molar-refractivity contribution in [1.29, 1.82) is 0 Å². The third-order valence-corrected chi connectivity index (χ3v) is 4.79. The quantitative estimate of drug-likeness (QED) is 0.844. The van der Waals surface area contributed by atoms with Crippen molar-refractivity contribution in [3.63, 3.8) is 0 Å². The van der Waals surface area contributed by atoms with Crippen molar-refractivity contribution in [2.45, 2.75) is 51.0 Å². The highest BCUT2D eigenvalue weighted by molar-refractivity contribution is 6.33. The minimum atomic E-state index is -0.464. The Morgan fingerprint density at radius 2 is 1.90 bits per heavy atom. The lowest BCUT2D eigenvalue weighted by molar-refractivity contribution is 0.334. The maximum Gasteiger partial charge on any atom is 0.259 e. The normalized spacial score (nSPS) is 18.4. The Kier molecular flexibility index (Phi) is 4.00. The van der Waals surface area contributed by atoms with E-state index in [1.807, 2.05) is 25.1 Å². The van der Waals surface area contributed by atoms with Crippen molar-refractivity contribution in [3.8, 4) is 11.5 Å². The fourth-order valence-electron chi connectivity index (χ4n) is 2.93. The van der Waals surface area contributed by atoms with Crippen LogP contribution >= 0.6 is 11.6 Å². The highest BCUT2D eigenvalue weighted by Crippen LogP contribution is 2.34. The van der Waals surface area contributed by atoms with Crippen molar-refractivity contribution in [2.75, 3.05) is 0 Å². The topological polar surface area (TPSA) is 64.9 Å². The lowest BCUT2D eigenvalue weighted by atomic mass is 9.91. The second-order valence-electron chi connectivity index (χ2n) is 5.93. The van der Waals surface area contributed by atoms with Crippen molar-refractivity contribution in [1.82, 2.24) is 10.1 Å². The van der Waals surface area contributed by atoms with Gasteiger partial charge in [-0.1, -0.05) is 54.6 Å². The lowest BCUT2D eigenvalue weighted by Gasteiger charge is -2.23. The largest absolute Gasteiger partial charge is 0.334 e. The van der Waals surface area contributed by atoms with Gasteiger partial charge in [-0.15, -0.1) is 0 Å². The third kappa shape index (κ3) is 2.83. The van der Waals surface area contributed by atoms with Gasteiger partial charge in [-0.25, -0.2) is 0 Å². The minimum Gasteiger partial charge on any atom is -0.334 e. The van der Waals surface area contributed by atoms with Crippen LogP contribution in [0.1, 0.15) is 49.9 Å². The molecular formula is C16H20ClN3O. The van der Waals surface area contributed by atoms with Crippen molar-refractivity contribution >= 4 is 11.6 Å². The third-order valence-electron chi connectivity index (χ3n) is 4.29. The van der Waals surface area contributed by atoms with E-state index >= 15 is 0 Å². The lowest BCUT2D eigenvalue weighted by Crippen LogP contribution is -2.37. The summed E-state index contributed by atoms with van der Waals surface area (Å²) in [5.74, 6) is 1.06. The van der Waals surface area contributed by atoms with Gasteiger partial charge in [0.15, 0.2) is 5.82 Å². The number of nitrogens with two attached hydrogens (primary N) is 1. The number of benzene rings is 1. The Morgan fingerprint density at radius 1 is 1.19 bits per heavy atom. The summed E-state index contributed by atoms with van der Waals surface area (Å²) < 4.78 is 5.42. The van der Waals surface area contributed by atoms with Crippen LogP contribution in [0, 0.1) is 6.92 Å². The molecule has 1 fully saturated rings. The predicted molar refractivity (Wildman–Crippen MR) is 83.0 cm³/mol. The van der Waals surface area contributed by atoms with E-state index in [-0.39, 0.29) is 0 Å². The van der Waals surface area contributed by atoms with E-state index in [2.05, 4.69) is 10.1 Å². The molecule has 0 amide bonds. The maximum absolute atomic E-state index is 6.52. The van der Waals surface area contributed by atoms with Gasteiger partial charge in [0.2, 0.25) is 0 Å². The highest BCUT2D eigenvalue weighted by atomic mass is 35.5. The van der Waals surface area contributed by atoms with Gasteiger partial charge in [0, 0.05) is 0 Å². The molecule has 1 saturated carbocycles. The second kappa shape index (κ2) is 5.78. The van der Waals surface area contributed by atoms with Crippen LogP contribution in [0.4, 0.5) is 0 Å². The van der Waals surface area contributed by atoms with Crippen molar-refractivity contribution in [3.05, 3.63) is 34.6 Å². The Labute approximate surface area is 129 Å². The molecule has 0 aliphatic heterocycles. The molecule has 1 heterocycles. The zero-order chi connectivity index (χ0) is 14.9. The molecule has 1 aromatic carbocycles. The molecule has 0 atom stereocenters. The second-order valence-corrected chi connectivity index (χ2v) is 6.31. The van der Waals surface area contributed by atoms with Crippen LogP contribution in [0.2, 0.25) is 5.02 Å². The van der Waals surface area contributed by atoms with Crippen molar-refractivity contribution in [2.24, 2.45) is 5.73 Å². The van der Waals surface area contributed by atoms with Crippen LogP contribution in [-0.4, -0.2) is 10.1 Å². The van der Waals surface area contributed by atoms with Gasteiger partial charge in [-0.05, 0) is 31.4 Å². The van der Waals surface area contributed by atoms with E-state index in [4.69, 9.17) is 21.9 Å². The van der Waals surface area contributed by atoms with E-state index in [9.17, 15) is 0 Å². The first kappa shape index (κ1) is 14.5. The molecular weight excluding hydrogens is 286 g/mol. The molecule has 1 aromatic heterocycles. The monoisotopic (exact) mass is 305 g/mol. The number of halogens is 1. The summed E-state index contributed by atoms with van der Waals surface area (Å²) >= 11 is 6.32.